The second kappa shape index (κ2) is 6.74. The van der Waals surface area contributed by atoms with Crippen molar-refractivity contribution in [3.63, 3.8) is 0 Å². The molecule has 0 spiro atoms. The molecule has 2 rings (SSSR count). The Bertz CT molecular complexity index is 289. The minimum Gasteiger partial charge on any atom is -0.342 e. The average molecular weight is 266 g/mol. The van der Waals surface area contributed by atoms with Gasteiger partial charge in [0.05, 0.1) is 0 Å². The fourth-order valence-corrected chi connectivity index (χ4v) is 3.79. The van der Waals surface area contributed by atoms with Crippen molar-refractivity contribution in [1.29, 1.82) is 0 Å². The van der Waals surface area contributed by atoms with Gasteiger partial charge in [-0.3, -0.25) is 4.79 Å². The maximum absolute atomic E-state index is 12.8. The fraction of sp³-hybridized carbons (Fsp3) is 0.938. The topological polar surface area (TPSA) is 32.3 Å². The zero-order valence-electron chi connectivity index (χ0n) is 12.7. The van der Waals surface area contributed by atoms with Crippen LogP contribution in [0.15, 0.2) is 0 Å². The predicted octanol–water partition coefficient (Wildman–Crippen LogP) is 2.80. The van der Waals surface area contributed by atoms with Crippen LogP contribution in [0.3, 0.4) is 0 Å². The third-order valence-electron chi connectivity index (χ3n) is 5.28. The Hall–Kier alpha value is -0.570. The van der Waals surface area contributed by atoms with E-state index >= 15 is 0 Å². The van der Waals surface area contributed by atoms with Crippen LogP contribution in [0, 0.1) is 11.3 Å². The lowest BCUT2D eigenvalue weighted by molar-refractivity contribution is -0.143. The number of rotatable bonds is 5. The highest BCUT2D eigenvalue weighted by Gasteiger charge is 2.42. The minimum absolute atomic E-state index is 0.00844. The van der Waals surface area contributed by atoms with E-state index < -0.39 is 0 Å². The highest BCUT2D eigenvalue weighted by atomic mass is 16.2. The van der Waals surface area contributed by atoms with Gasteiger partial charge in [-0.05, 0) is 51.1 Å². The molecule has 0 atom stereocenters. The van der Waals surface area contributed by atoms with E-state index in [4.69, 9.17) is 0 Å². The largest absolute Gasteiger partial charge is 0.342 e. The molecular formula is C16H30N2O. The molecule has 3 nitrogen and oxygen atoms in total. The second-order valence-corrected chi connectivity index (χ2v) is 6.38. The first-order valence-corrected chi connectivity index (χ1v) is 8.22. The molecule has 3 heteroatoms. The zero-order valence-corrected chi connectivity index (χ0v) is 12.7. The smallest absolute Gasteiger partial charge is 0.228 e. The van der Waals surface area contributed by atoms with Crippen molar-refractivity contribution in [2.24, 2.45) is 11.3 Å². The van der Waals surface area contributed by atoms with Gasteiger partial charge in [0.25, 0.3) is 0 Å². The fourth-order valence-electron chi connectivity index (χ4n) is 3.79. The van der Waals surface area contributed by atoms with Crippen molar-refractivity contribution >= 4 is 5.91 Å². The van der Waals surface area contributed by atoms with Gasteiger partial charge in [-0.2, -0.15) is 0 Å². The number of nitrogens with zero attached hydrogens (tertiary/aromatic N) is 1. The van der Waals surface area contributed by atoms with E-state index in [9.17, 15) is 4.79 Å². The molecule has 0 bridgehead atoms. The summed E-state index contributed by atoms with van der Waals surface area (Å²) in [6.07, 6.45) is 8.13. The standard InChI is InChI=1S/C16H30N2O/c1-3-16(9-5-6-10-16)15(19)18-11-7-14(8-12-18)13-17-4-2/h14,17H,3-13H2,1-2H3. The maximum Gasteiger partial charge on any atom is 0.228 e. The Labute approximate surface area is 118 Å². The molecule has 0 unspecified atom stereocenters. The lowest BCUT2D eigenvalue weighted by Gasteiger charge is -2.38. The van der Waals surface area contributed by atoms with Gasteiger partial charge in [-0.25, -0.2) is 0 Å². The Morgan fingerprint density at radius 3 is 2.37 bits per heavy atom. The summed E-state index contributed by atoms with van der Waals surface area (Å²) in [7, 11) is 0. The molecule has 1 amide bonds. The summed E-state index contributed by atoms with van der Waals surface area (Å²) in [6.45, 7) is 8.49. The van der Waals surface area contributed by atoms with E-state index in [1.165, 1.54) is 25.7 Å². The highest BCUT2D eigenvalue weighted by molar-refractivity contribution is 5.83. The summed E-state index contributed by atoms with van der Waals surface area (Å²) < 4.78 is 0. The van der Waals surface area contributed by atoms with Crippen LogP contribution in [0.25, 0.3) is 0 Å². The van der Waals surface area contributed by atoms with Gasteiger partial charge in [0.2, 0.25) is 5.91 Å². The molecular weight excluding hydrogens is 236 g/mol. The number of hydrogen-bond acceptors (Lipinski definition) is 2. The number of carbonyl (C=O) groups is 1. The molecule has 1 aliphatic carbocycles. The summed E-state index contributed by atoms with van der Waals surface area (Å²) >= 11 is 0. The van der Waals surface area contributed by atoms with Crippen molar-refractivity contribution < 1.29 is 4.79 Å². The molecule has 110 valence electrons. The first-order chi connectivity index (χ1) is 9.22. The van der Waals surface area contributed by atoms with Crippen LogP contribution >= 0.6 is 0 Å². The van der Waals surface area contributed by atoms with Gasteiger partial charge in [0.15, 0.2) is 0 Å². The van der Waals surface area contributed by atoms with Gasteiger partial charge in [-0.1, -0.05) is 26.7 Å². The van der Waals surface area contributed by atoms with Crippen LogP contribution in [0.1, 0.15) is 58.8 Å². The summed E-state index contributed by atoms with van der Waals surface area (Å²) in [5.41, 5.74) is 0.00844. The molecule has 2 aliphatic rings. The quantitative estimate of drug-likeness (QED) is 0.830. The number of carbonyl (C=O) groups excluding carboxylic acids is 1. The van der Waals surface area contributed by atoms with E-state index in [-0.39, 0.29) is 5.41 Å². The molecule has 1 N–H and O–H groups in total. The molecule has 1 saturated heterocycles. The summed E-state index contributed by atoms with van der Waals surface area (Å²) in [5.74, 6) is 1.24. The molecule has 1 aliphatic heterocycles. The lowest BCUT2D eigenvalue weighted by atomic mass is 9.81. The first kappa shape index (κ1) is 14.8. The van der Waals surface area contributed by atoms with E-state index in [1.54, 1.807) is 0 Å². The molecule has 0 aromatic rings. The minimum atomic E-state index is 0.00844. The number of amides is 1. The van der Waals surface area contributed by atoms with E-state index in [2.05, 4.69) is 24.1 Å². The van der Waals surface area contributed by atoms with Gasteiger partial charge in [0, 0.05) is 18.5 Å². The molecule has 0 aromatic carbocycles. The van der Waals surface area contributed by atoms with E-state index in [0.29, 0.717) is 5.91 Å². The van der Waals surface area contributed by atoms with Gasteiger partial charge >= 0.3 is 0 Å². The predicted molar refractivity (Wildman–Crippen MR) is 79.0 cm³/mol. The van der Waals surface area contributed by atoms with Crippen molar-refractivity contribution in [3.8, 4) is 0 Å². The Morgan fingerprint density at radius 1 is 1.21 bits per heavy atom. The van der Waals surface area contributed by atoms with E-state index in [1.807, 2.05) is 0 Å². The second-order valence-electron chi connectivity index (χ2n) is 6.38. The van der Waals surface area contributed by atoms with Crippen LogP contribution in [0.2, 0.25) is 0 Å². The summed E-state index contributed by atoms with van der Waals surface area (Å²) in [5, 5.41) is 3.43. The van der Waals surface area contributed by atoms with Crippen LogP contribution in [-0.4, -0.2) is 37.0 Å². The van der Waals surface area contributed by atoms with E-state index in [0.717, 1.165) is 51.4 Å². The van der Waals surface area contributed by atoms with Gasteiger partial charge in [0.1, 0.15) is 0 Å². The highest BCUT2D eigenvalue weighted by Crippen LogP contribution is 2.43. The van der Waals surface area contributed by atoms with Gasteiger partial charge in [-0.15, -0.1) is 0 Å². The maximum atomic E-state index is 12.8. The number of piperidine rings is 1. The molecule has 2 fully saturated rings. The first-order valence-electron chi connectivity index (χ1n) is 8.22. The van der Waals surface area contributed by atoms with Crippen molar-refractivity contribution in [3.05, 3.63) is 0 Å². The zero-order chi connectivity index (χ0) is 13.7. The van der Waals surface area contributed by atoms with Crippen molar-refractivity contribution in [2.75, 3.05) is 26.2 Å². The van der Waals surface area contributed by atoms with Crippen molar-refractivity contribution in [1.82, 2.24) is 10.2 Å². The molecule has 1 heterocycles. The monoisotopic (exact) mass is 266 g/mol. The summed E-state index contributed by atoms with van der Waals surface area (Å²) in [6, 6.07) is 0. The Balaban J connectivity index is 1.85. The lowest BCUT2D eigenvalue weighted by Crippen LogP contribution is -2.47. The van der Waals surface area contributed by atoms with Crippen LogP contribution < -0.4 is 5.32 Å². The third kappa shape index (κ3) is 3.31. The van der Waals surface area contributed by atoms with Crippen molar-refractivity contribution in [2.45, 2.75) is 58.8 Å². The molecule has 19 heavy (non-hydrogen) atoms. The normalized spacial score (nSPS) is 23.8. The van der Waals surface area contributed by atoms with Gasteiger partial charge < -0.3 is 10.2 Å². The molecule has 0 aromatic heterocycles. The number of likely N-dealkylation sites (tertiary alicyclic amines) is 1. The van der Waals surface area contributed by atoms with Crippen LogP contribution in [0.5, 0.6) is 0 Å². The SMILES string of the molecule is CCNCC1CCN(C(=O)C2(CC)CCCC2)CC1. The molecule has 0 radical (unpaired) electrons. The third-order valence-corrected chi connectivity index (χ3v) is 5.28. The number of hydrogen-bond donors (Lipinski definition) is 1. The average Bonchev–Trinajstić information content (AvgIpc) is 2.95. The number of nitrogens with one attached hydrogen (secondary N) is 1. The summed E-state index contributed by atoms with van der Waals surface area (Å²) in [4.78, 5) is 14.9. The molecule has 1 saturated carbocycles. The Kier molecular flexibility index (Phi) is 5.26. The van der Waals surface area contributed by atoms with Crippen LogP contribution in [-0.2, 0) is 4.79 Å². The van der Waals surface area contributed by atoms with Crippen LogP contribution in [0.4, 0.5) is 0 Å². The Morgan fingerprint density at radius 2 is 1.84 bits per heavy atom.